The van der Waals surface area contributed by atoms with Crippen LogP contribution in [0.1, 0.15) is 25.8 Å². The number of hydrogen-bond acceptors (Lipinski definition) is 0. The Hall–Kier alpha value is -0.395. The summed E-state index contributed by atoms with van der Waals surface area (Å²) in [6, 6.07) is 8.68. The van der Waals surface area contributed by atoms with E-state index < -0.39 is 0 Å². The van der Waals surface area contributed by atoms with Crippen LogP contribution in [0.5, 0.6) is 0 Å². The minimum atomic E-state index is 0. The van der Waals surface area contributed by atoms with Crippen molar-refractivity contribution in [2.24, 2.45) is 0 Å². The second-order valence-electron chi connectivity index (χ2n) is 4.67. The molecule has 0 nitrogen and oxygen atoms in total. The third-order valence-electron chi connectivity index (χ3n) is 3.36. The van der Waals surface area contributed by atoms with Crippen molar-refractivity contribution >= 4 is 14.7 Å². The Balaban J connectivity index is 0.00000144. The summed E-state index contributed by atoms with van der Waals surface area (Å²) in [6.07, 6.45) is 7.73. The van der Waals surface area contributed by atoms with Crippen molar-refractivity contribution in [2.75, 3.05) is 0 Å². The third-order valence-corrected chi connectivity index (χ3v) is 4.18. The van der Waals surface area contributed by atoms with Crippen molar-refractivity contribution in [2.45, 2.75) is 25.7 Å². The predicted molar refractivity (Wildman–Crippen MR) is 72.1 cm³/mol. The van der Waals surface area contributed by atoms with Gasteiger partial charge in [0.1, 0.15) is 0 Å². The third kappa shape index (κ3) is 2.89. The maximum absolute atomic E-state index is 4.05. The molecular weight excluding hydrogens is 403 g/mol. The molecule has 92 valence electrons. The van der Waals surface area contributed by atoms with E-state index in [1.165, 1.54) is 16.3 Å². The molecule has 0 bridgehead atoms. The molecule has 1 aromatic rings. The SMILES string of the molecule is [CH2-][Si]c1ccccc1C(C)(C)C1=CC=CC1.[Pt]. The fraction of sp³-hybridized carbons (Fsp3) is 0.267. The van der Waals surface area contributed by atoms with Crippen molar-refractivity contribution < 1.29 is 21.1 Å². The molecule has 1 aliphatic rings. The summed E-state index contributed by atoms with van der Waals surface area (Å²) in [5, 5.41) is 1.39. The molecule has 1 aliphatic carbocycles. The minimum absolute atomic E-state index is 0. The maximum Gasteiger partial charge on any atom is 0.0109 e. The Kier molecular flexibility index (Phi) is 5.15. The standard InChI is InChI=1S/C15H17Si.Pt/c1-15(2,12-8-4-5-9-12)13-10-6-7-11-14(13)16-3;/h4-8,10-11H,3,9H2,1-2H3;/q-1;. The monoisotopic (exact) mass is 420 g/mol. The Morgan fingerprint density at radius 1 is 1.24 bits per heavy atom. The second kappa shape index (κ2) is 5.97. The molecule has 0 heterocycles. The molecular formula is C15H17PtSi-. The molecule has 17 heavy (non-hydrogen) atoms. The summed E-state index contributed by atoms with van der Waals surface area (Å²) in [5.41, 5.74) is 3.06. The van der Waals surface area contributed by atoms with E-state index in [0.29, 0.717) is 9.52 Å². The van der Waals surface area contributed by atoms with Gasteiger partial charge in [-0.1, -0.05) is 67.1 Å². The number of benzene rings is 1. The summed E-state index contributed by atoms with van der Waals surface area (Å²) >= 11 is 0. The van der Waals surface area contributed by atoms with E-state index in [9.17, 15) is 0 Å². The average molecular weight is 420 g/mol. The molecule has 0 fully saturated rings. The van der Waals surface area contributed by atoms with Crippen molar-refractivity contribution in [3.8, 4) is 0 Å². The Bertz CT molecular complexity index is 444. The first-order chi connectivity index (χ1) is 7.66. The van der Waals surface area contributed by atoms with Crippen LogP contribution in [0.4, 0.5) is 0 Å². The molecule has 0 saturated heterocycles. The van der Waals surface area contributed by atoms with E-state index in [1.54, 1.807) is 0 Å². The summed E-state index contributed by atoms with van der Waals surface area (Å²) in [6.45, 7) is 8.67. The zero-order valence-electron chi connectivity index (χ0n) is 10.3. The fourth-order valence-electron chi connectivity index (χ4n) is 2.27. The van der Waals surface area contributed by atoms with Gasteiger partial charge in [-0.3, -0.25) is 0 Å². The van der Waals surface area contributed by atoms with Gasteiger partial charge >= 0.3 is 0 Å². The average Bonchev–Trinajstić information content (AvgIpc) is 2.83. The predicted octanol–water partition coefficient (Wildman–Crippen LogP) is 2.97. The Morgan fingerprint density at radius 2 is 1.94 bits per heavy atom. The van der Waals surface area contributed by atoms with Crippen LogP contribution in [0.3, 0.4) is 0 Å². The number of rotatable bonds is 3. The summed E-state index contributed by atoms with van der Waals surface area (Å²) < 4.78 is 0. The maximum atomic E-state index is 4.05. The van der Waals surface area contributed by atoms with Gasteiger partial charge in [-0.15, -0.1) is 9.52 Å². The first-order valence-corrected chi connectivity index (χ1v) is 6.86. The van der Waals surface area contributed by atoms with E-state index in [-0.39, 0.29) is 26.5 Å². The Labute approximate surface area is 121 Å². The normalized spacial score (nSPS) is 14.4. The molecule has 0 N–H and O–H groups in total. The van der Waals surface area contributed by atoms with Gasteiger partial charge in [-0.2, -0.15) is 0 Å². The van der Waals surface area contributed by atoms with Crippen molar-refractivity contribution in [3.63, 3.8) is 0 Å². The van der Waals surface area contributed by atoms with Crippen LogP contribution in [0.2, 0.25) is 0 Å². The van der Waals surface area contributed by atoms with E-state index in [1.807, 2.05) is 0 Å². The Morgan fingerprint density at radius 3 is 2.53 bits per heavy atom. The summed E-state index contributed by atoms with van der Waals surface area (Å²) in [5.74, 6) is 0. The van der Waals surface area contributed by atoms with E-state index >= 15 is 0 Å². The number of hydrogen-bond donors (Lipinski definition) is 0. The molecule has 0 amide bonds. The largest absolute Gasteiger partial charge is 0.345 e. The topological polar surface area (TPSA) is 0 Å². The van der Waals surface area contributed by atoms with Crippen LogP contribution in [0, 0.1) is 6.55 Å². The van der Waals surface area contributed by atoms with Crippen LogP contribution in [0.25, 0.3) is 0 Å². The van der Waals surface area contributed by atoms with Gasteiger partial charge in [0, 0.05) is 26.5 Å². The molecule has 0 saturated carbocycles. The molecule has 0 aromatic heterocycles. The van der Waals surface area contributed by atoms with Gasteiger partial charge in [-0.25, -0.2) is 0 Å². The van der Waals surface area contributed by atoms with Crippen molar-refractivity contribution in [1.82, 2.24) is 0 Å². The van der Waals surface area contributed by atoms with Crippen LogP contribution in [0.15, 0.2) is 48.1 Å². The quantitative estimate of drug-likeness (QED) is 0.521. The van der Waals surface area contributed by atoms with Crippen LogP contribution in [-0.4, -0.2) is 9.52 Å². The molecule has 1 aromatic carbocycles. The molecule has 0 unspecified atom stereocenters. The van der Waals surface area contributed by atoms with Gasteiger partial charge in [-0.05, 0) is 12.0 Å². The molecule has 0 atom stereocenters. The summed E-state index contributed by atoms with van der Waals surface area (Å²) in [7, 11) is 0.621. The minimum Gasteiger partial charge on any atom is -0.345 e. The molecule has 2 rings (SSSR count). The van der Waals surface area contributed by atoms with Gasteiger partial charge in [0.15, 0.2) is 0 Å². The van der Waals surface area contributed by atoms with Gasteiger partial charge in [0.2, 0.25) is 0 Å². The smallest absolute Gasteiger partial charge is 0.0109 e. The molecule has 2 heteroatoms. The first kappa shape index (κ1) is 14.7. The zero-order chi connectivity index (χ0) is 11.6. The first-order valence-electron chi connectivity index (χ1n) is 5.65. The second-order valence-corrected chi connectivity index (χ2v) is 5.56. The van der Waals surface area contributed by atoms with Crippen molar-refractivity contribution in [3.05, 3.63) is 60.2 Å². The summed E-state index contributed by atoms with van der Waals surface area (Å²) in [4.78, 5) is 0. The van der Waals surface area contributed by atoms with Crippen LogP contribution < -0.4 is 5.19 Å². The van der Waals surface area contributed by atoms with Gasteiger partial charge in [0.25, 0.3) is 0 Å². The molecule has 0 spiro atoms. The van der Waals surface area contributed by atoms with E-state index in [0.717, 1.165) is 6.42 Å². The van der Waals surface area contributed by atoms with E-state index in [4.69, 9.17) is 0 Å². The van der Waals surface area contributed by atoms with Gasteiger partial charge < -0.3 is 6.55 Å². The molecule has 2 radical (unpaired) electrons. The van der Waals surface area contributed by atoms with Crippen LogP contribution >= 0.6 is 0 Å². The molecule has 0 aliphatic heterocycles. The zero-order valence-corrected chi connectivity index (χ0v) is 13.5. The van der Waals surface area contributed by atoms with Crippen LogP contribution in [-0.2, 0) is 26.5 Å². The van der Waals surface area contributed by atoms with E-state index in [2.05, 4.69) is 62.9 Å². The fourth-order valence-corrected chi connectivity index (χ4v) is 3.07. The van der Waals surface area contributed by atoms with Crippen molar-refractivity contribution in [1.29, 1.82) is 0 Å². The van der Waals surface area contributed by atoms with Gasteiger partial charge in [0.05, 0.1) is 0 Å². The number of allylic oxidation sites excluding steroid dienone is 4.